The van der Waals surface area contributed by atoms with Gasteiger partial charge in [0.1, 0.15) is 5.41 Å². The maximum Gasteiger partial charge on any atom is 0.317 e. The molecule has 2 atom stereocenters. The van der Waals surface area contributed by atoms with Gasteiger partial charge in [0, 0.05) is 4.47 Å². The monoisotopic (exact) mass is 340 g/mol. The molecule has 1 saturated carbocycles. The standard InChI is InChI=1S/C15H17BrO4/c1-3-19-13(17)11-9-15(11,14(18)20-4-2)10-7-5-6-8-12(10)16/h5-8,11H,3-4,9H2,1-2H3/t11-,15+/m0/s1. The van der Waals surface area contributed by atoms with E-state index in [1.165, 1.54) is 0 Å². The van der Waals surface area contributed by atoms with Crippen molar-refractivity contribution in [2.24, 2.45) is 5.92 Å². The van der Waals surface area contributed by atoms with Crippen LogP contribution in [0.2, 0.25) is 0 Å². The van der Waals surface area contributed by atoms with Crippen LogP contribution in [0.5, 0.6) is 0 Å². The van der Waals surface area contributed by atoms with Crippen LogP contribution in [-0.4, -0.2) is 25.2 Å². The van der Waals surface area contributed by atoms with E-state index in [1.807, 2.05) is 24.3 Å². The first-order valence-corrected chi connectivity index (χ1v) is 7.46. The molecule has 1 aliphatic rings. The van der Waals surface area contributed by atoms with E-state index < -0.39 is 11.3 Å². The predicted octanol–water partition coefficient (Wildman–Crippen LogP) is 2.83. The van der Waals surface area contributed by atoms with E-state index in [4.69, 9.17) is 9.47 Å². The molecule has 0 aromatic heterocycles. The number of ether oxygens (including phenoxy) is 2. The molecule has 0 spiro atoms. The summed E-state index contributed by atoms with van der Waals surface area (Å²) in [6.07, 6.45) is 0.438. The normalized spacial score (nSPS) is 24.1. The molecule has 1 aromatic carbocycles. The minimum absolute atomic E-state index is 0.292. The van der Waals surface area contributed by atoms with Crippen molar-refractivity contribution in [3.05, 3.63) is 34.3 Å². The van der Waals surface area contributed by atoms with Crippen LogP contribution in [0.25, 0.3) is 0 Å². The topological polar surface area (TPSA) is 52.6 Å². The molecule has 0 heterocycles. The van der Waals surface area contributed by atoms with Gasteiger partial charge in [-0.3, -0.25) is 9.59 Å². The molecular weight excluding hydrogens is 324 g/mol. The van der Waals surface area contributed by atoms with E-state index in [0.29, 0.717) is 19.6 Å². The average molecular weight is 341 g/mol. The van der Waals surface area contributed by atoms with E-state index in [9.17, 15) is 9.59 Å². The number of esters is 2. The highest BCUT2D eigenvalue weighted by atomic mass is 79.9. The lowest BCUT2D eigenvalue weighted by atomic mass is 9.93. The predicted molar refractivity (Wildman–Crippen MR) is 77.2 cm³/mol. The van der Waals surface area contributed by atoms with Gasteiger partial charge in [0.2, 0.25) is 0 Å². The zero-order valence-electron chi connectivity index (χ0n) is 11.5. The van der Waals surface area contributed by atoms with Crippen molar-refractivity contribution < 1.29 is 19.1 Å². The molecule has 20 heavy (non-hydrogen) atoms. The zero-order chi connectivity index (χ0) is 14.8. The van der Waals surface area contributed by atoms with Crippen molar-refractivity contribution in [1.29, 1.82) is 0 Å². The number of hydrogen-bond acceptors (Lipinski definition) is 4. The van der Waals surface area contributed by atoms with E-state index in [0.717, 1.165) is 10.0 Å². The lowest BCUT2D eigenvalue weighted by Gasteiger charge is -2.17. The smallest absolute Gasteiger partial charge is 0.317 e. The van der Waals surface area contributed by atoms with E-state index in [-0.39, 0.29) is 11.9 Å². The van der Waals surface area contributed by atoms with E-state index in [1.54, 1.807) is 13.8 Å². The first kappa shape index (κ1) is 15.0. The third-order valence-electron chi connectivity index (χ3n) is 3.53. The Balaban J connectivity index is 2.36. The second-order valence-electron chi connectivity index (χ2n) is 4.68. The molecular formula is C15H17BrO4. The lowest BCUT2D eigenvalue weighted by molar-refractivity contribution is -0.152. The minimum atomic E-state index is -0.900. The summed E-state index contributed by atoms with van der Waals surface area (Å²) in [5.74, 6) is -1.15. The summed E-state index contributed by atoms with van der Waals surface area (Å²) in [4.78, 5) is 24.3. The average Bonchev–Trinajstić information content (AvgIpc) is 3.16. The molecule has 108 valence electrons. The maximum absolute atomic E-state index is 12.3. The molecule has 2 rings (SSSR count). The second-order valence-corrected chi connectivity index (χ2v) is 5.53. The minimum Gasteiger partial charge on any atom is -0.466 e. The molecule has 4 nitrogen and oxygen atoms in total. The van der Waals surface area contributed by atoms with E-state index >= 15 is 0 Å². The van der Waals surface area contributed by atoms with Crippen LogP contribution in [0.3, 0.4) is 0 Å². The van der Waals surface area contributed by atoms with E-state index in [2.05, 4.69) is 15.9 Å². The van der Waals surface area contributed by atoms with Crippen LogP contribution in [0.4, 0.5) is 0 Å². The first-order chi connectivity index (χ1) is 9.57. The fourth-order valence-corrected chi connectivity index (χ4v) is 3.15. The summed E-state index contributed by atoms with van der Waals surface area (Å²) in [7, 11) is 0. The van der Waals surface area contributed by atoms with Crippen LogP contribution >= 0.6 is 15.9 Å². The Hall–Kier alpha value is -1.36. The number of halogens is 1. The summed E-state index contributed by atoms with van der Waals surface area (Å²) in [5.41, 5.74) is -0.112. The van der Waals surface area contributed by atoms with Crippen molar-refractivity contribution >= 4 is 27.9 Å². The number of carbonyl (C=O) groups is 2. The van der Waals surface area contributed by atoms with Crippen molar-refractivity contribution in [2.75, 3.05) is 13.2 Å². The van der Waals surface area contributed by atoms with Crippen LogP contribution in [-0.2, 0) is 24.5 Å². The van der Waals surface area contributed by atoms with Crippen molar-refractivity contribution in [3.8, 4) is 0 Å². The molecule has 0 bridgehead atoms. The summed E-state index contributed by atoms with van der Waals surface area (Å²) in [6.45, 7) is 4.11. The first-order valence-electron chi connectivity index (χ1n) is 6.66. The Labute approximate surface area is 126 Å². The maximum atomic E-state index is 12.3. The van der Waals surface area contributed by atoms with Gasteiger partial charge in [0.25, 0.3) is 0 Å². The van der Waals surface area contributed by atoms with Gasteiger partial charge in [-0.25, -0.2) is 0 Å². The summed E-state index contributed by atoms with van der Waals surface area (Å²) in [6, 6.07) is 7.42. The molecule has 0 N–H and O–H groups in total. The van der Waals surface area contributed by atoms with Crippen LogP contribution in [0, 0.1) is 5.92 Å². The van der Waals surface area contributed by atoms with Gasteiger partial charge >= 0.3 is 11.9 Å². The number of carbonyl (C=O) groups excluding carboxylic acids is 2. The van der Waals surface area contributed by atoms with Crippen molar-refractivity contribution in [1.82, 2.24) is 0 Å². The molecule has 1 aliphatic carbocycles. The van der Waals surface area contributed by atoms with Gasteiger partial charge in [-0.05, 0) is 31.9 Å². The number of hydrogen-bond donors (Lipinski definition) is 0. The van der Waals surface area contributed by atoms with Crippen LogP contribution in [0.1, 0.15) is 25.8 Å². The molecule has 0 amide bonds. The molecule has 0 radical (unpaired) electrons. The number of rotatable bonds is 5. The van der Waals surface area contributed by atoms with Crippen molar-refractivity contribution in [3.63, 3.8) is 0 Å². The SMILES string of the molecule is CCOC(=O)[C@@H]1C[C@@]1(C(=O)OCC)c1ccccc1Br. The highest BCUT2D eigenvalue weighted by molar-refractivity contribution is 9.10. The Morgan fingerprint density at radius 2 is 1.90 bits per heavy atom. The van der Waals surface area contributed by atoms with Gasteiger partial charge in [-0.1, -0.05) is 34.1 Å². The largest absolute Gasteiger partial charge is 0.466 e. The van der Waals surface area contributed by atoms with Gasteiger partial charge in [0.15, 0.2) is 0 Å². The molecule has 0 aliphatic heterocycles. The number of benzene rings is 1. The van der Waals surface area contributed by atoms with Gasteiger partial charge in [0.05, 0.1) is 19.1 Å². The summed E-state index contributed by atoms with van der Waals surface area (Å²) in [5, 5.41) is 0. The highest BCUT2D eigenvalue weighted by Crippen LogP contribution is 2.57. The third kappa shape index (κ3) is 2.46. The van der Waals surface area contributed by atoms with Crippen LogP contribution in [0.15, 0.2) is 28.7 Å². The summed E-state index contributed by atoms with van der Waals surface area (Å²) < 4.78 is 11.0. The highest BCUT2D eigenvalue weighted by Gasteiger charge is 2.67. The molecule has 0 saturated heterocycles. The molecule has 1 aromatic rings. The quantitative estimate of drug-likeness (QED) is 0.773. The molecule has 1 fully saturated rings. The third-order valence-corrected chi connectivity index (χ3v) is 4.22. The van der Waals surface area contributed by atoms with Gasteiger partial charge in [-0.15, -0.1) is 0 Å². The lowest BCUT2D eigenvalue weighted by Crippen LogP contribution is -2.29. The Bertz CT molecular complexity index is 528. The molecule has 0 unspecified atom stereocenters. The fraction of sp³-hybridized carbons (Fsp3) is 0.467. The van der Waals surface area contributed by atoms with Gasteiger partial charge < -0.3 is 9.47 Å². The Morgan fingerprint density at radius 3 is 2.50 bits per heavy atom. The van der Waals surface area contributed by atoms with Gasteiger partial charge in [-0.2, -0.15) is 0 Å². The Kier molecular flexibility index (Phi) is 4.48. The van der Waals surface area contributed by atoms with Crippen molar-refractivity contribution in [2.45, 2.75) is 25.7 Å². The van der Waals surface area contributed by atoms with Crippen LogP contribution < -0.4 is 0 Å². The fourth-order valence-electron chi connectivity index (χ4n) is 2.51. The molecule has 5 heteroatoms. The zero-order valence-corrected chi connectivity index (χ0v) is 13.1. The second kappa shape index (κ2) is 5.95. The summed E-state index contributed by atoms with van der Waals surface area (Å²) >= 11 is 3.45. The Morgan fingerprint density at radius 1 is 1.25 bits per heavy atom.